The van der Waals surface area contributed by atoms with Gasteiger partial charge in [0.15, 0.2) is 0 Å². The molecule has 0 saturated carbocycles. The average molecular weight is 271 g/mol. The van der Waals surface area contributed by atoms with E-state index >= 15 is 0 Å². The average Bonchev–Trinajstić information content (AvgIpc) is 2.75. The fraction of sp³-hybridized carbons (Fsp3) is 0.545. The highest BCUT2D eigenvalue weighted by molar-refractivity contribution is 5.82. The maximum Gasteiger partial charge on any atom is 0.326 e. The maximum absolute atomic E-state index is 11.6. The van der Waals surface area contributed by atoms with E-state index in [1.54, 1.807) is 13.8 Å². The zero-order valence-corrected chi connectivity index (χ0v) is 10.7. The normalized spacial score (nSPS) is 13.6. The van der Waals surface area contributed by atoms with Gasteiger partial charge in [-0.15, -0.1) is 0 Å². The summed E-state index contributed by atoms with van der Waals surface area (Å²) in [5.41, 5.74) is 0. The van der Waals surface area contributed by atoms with Gasteiger partial charge in [-0.1, -0.05) is 0 Å². The Labute approximate surface area is 109 Å². The fourth-order valence-corrected chi connectivity index (χ4v) is 1.42. The van der Waals surface area contributed by atoms with Crippen LogP contribution in [-0.2, 0) is 4.79 Å². The molecule has 0 aliphatic rings. The zero-order valence-electron chi connectivity index (χ0n) is 10.7. The van der Waals surface area contributed by atoms with Gasteiger partial charge in [0.1, 0.15) is 17.8 Å². The Bertz CT molecular complexity index is 445. The van der Waals surface area contributed by atoms with E-state index in [1.165, 1.54) is 6.20 Å². The van der Waals surface area contributed by atoms with Crippen molar-refractivity contribution in [3.8, 4) is 0 Å². The second-order valence-corrected chi connectivity index (χ2v) is 4.05. The molecule has 1 unspecified atom stereocenters. The Morgan fingerprint density at radius 3 is 2.63 bits per heavy atom. The smallest absolute Gasteiger partial charge is 0.326 e. The summed E-state index contributed by atoms with van der Waals surface area (Å²) in [7, 11) is 0. The van der Waals surface area contributed by atoms with Gasteiger partial charge in [-0.05, 0) is 13.8 Å². The van der Waals surface area contributed by atoms with Gasteiger partial charge < -0.3 is 25.3 Å². The Hall–Kier alpha value is -2.09. The lowest BCUT2D eigenvalue weighted by Gasteiger charge is -2.16. The maximum atomic E-state index is 11.6. The van der Waals surface area contributed by atoms with Crippen molar-refractivity contribution in [2.75, 3.05) is 6.61 Å². The molecule has 1 rings (SSSR count). The molecule has 8 heteroatoms. The highest BCUT2D eigenvalue weighted by atomic mass is 16.4. The number of urea groups is 1. The summed E-state index contributed by atoms with van der Waals surface area (Å²) in [6.07, 6.45) is 1.46. The molecule has 0 radical (unpaired) electrons. The molecule has 2 atom stereocenters. The molecule has 1 aromatic heterocycles. The molecule has 1 aromatic rings. The Morgan fingerprint density at radius 1 is 1.47 bits per heavy atom. The molecular formula is C11H17N3O5. The monoisotopic (exact) mass is 271 g/mol. The zero-order chi connectivity index (χ0) is 14.4. The topological polar surface area (TPSA) is 125 Å². The number of oxazole rings is 1. The van der Waals surface area contributed by atoms with E-state index in [4.69, 9.17) is 14.6 Å². The van der Waals surface area contributed by atoms with Crippen molar-refractivity contribution < 1.29 is 24.2 Å². The van der Waals surface area contributed by atoms with E-state index in [0.29, 0.717) is 11.7 Å². The quantitative estimate of drug-likeness (QED) is 0.585. The van der Waals surface area contributed by atoms with E-state index in [-0.39, 0.29) is 13.0 Å². The van der Waals surface area contributed by atoms with Gasteiger partial charge in [0.05, 0.1) is 6.20 Å². The number of nitrogens with zero attached hydrogens (tertiary/aromatic N) is 1. The molecule has 0 spiro atoms. The molecule has 0 aromatic carbocycles. The van der Waals surface area contributed by atoms with Gasteiger partial charge in [-0.3, -0.25) is 0 Å². The summed E-state index contributed by atoms with van der Waals surface area (Å²) in [5.74, 6) is -0.252. The fourth-order valence-electron chi connectivity index (χ4n) is 1.42. The molecule has 8 nitrogen and oxygen atoms in total. The van der Waals surface area contributed by atoms with Crippen LogP contribution in [0.25, 0.3) is 0 Å². The molecule has 19 heavy (non-hydrogen) atoms. The number of carbonyl (C=O) groups excluding carboxylic acids is 1. The van der Waals surface area contributed by atoms with Crippen molar-refractivity contribution in [1.82, 2.24) is 15.6 Å². The third-order valence-corrected chi connectivity index (χ3v) is 2.38. The number of carbonyl (C=O) groups is 2. The predicted octanol–water partition coefficient (Wildman–Crippen LogP) is 0.179. The van der Waals surface area contributed by atoms with Crippen LogP contribution in [-0.4, -0.2) is 39.8 Å². The Kier molecular flexibility index (Phi) is 5.31. The number of amides is 2. The molecule has 106 valence electrons. The van der Waals surface area contributed by atoms with Gasteiger partial charge in [0, 0.05) is 13.0 Å². The number of nitrogens with one attached hydrogen (secondary N) is 2. The Balaban J connectivity index is 2.52. The van der Waals surface area contributed by atoms with E-state index in [0.717, 1.165) is 0 Å². The number of aryl methyl sites for hydroxylation is 1. The highest BCUT2D eigenvalue weighted by Crippen LogP contribution is 2.11. The number of rotatable bonds is 6. The first-order valence-electron chi connectivity index (χ1n) is 5.77. The SMILES string of the molecule is Cc1cnc(C(C)NC(=O)N[C@H](CCO)C(=O)O)o1. The van der Waals surface area contributed by atoms with Crippen molar-refractivity contribution in [1.29, 1.82) is 0 Å². The van der Waals surface area contributed by atoms with Crippen molar-refractivity contribution in [2.24, 2.45) is 0 Å². The minimum absolute atomic E-state index is 0.0603. The van der Waals surface area contributed by atoms with Gasteiger partial charge in [-0.25, -0.2) is 14.6 Å². The Morgan fingerprint density at radius 2 is 2.16 bits per heavy atom. The first kappa shape index (κ1) is 15.0. The van der Waals surface area contributed by atoms with E-state index in [9.17, 15) is 9.59 Å². The van der Waals surface area contributed by atoms with Crippen LogP contribution in [0, 0.1) is 6.92 Å². The largest absolute Gasteiger partial charge is 0.480 e. The summed E-state index contributed by atoms with van der Waals surface area (Å²) in [6.45, 7) is 3.06. The minimum Gasteiger partial charge on any atom is -0.480 e. The van der Waals surface area contributed by atoms with Crippen LogP contribution in [0.4, 0.5) is 4.79 Å². The van der Waals surface area contributed by atoms with E-state index in [1.807, 2.05) is 0 Å². The number of carboxylic acid groups (broad SMARTS) is 1. The lowest BCUT2D eigenvalue weighted by molar-refractivity contribution is -0.139. The second kappa shape index (κ2) is 6.74. The van der Waals surface area contributed by atoms with Crippen molar-refractivity contribution in [3.05, 3.63) is 17.8 Å². The molecule has 1 heterocycles. The first-order chi connectivity index (χ1) is 8.93. The van der Waals surface area contributed by atoms with Gasteiger partial charge >= 0.3 is 12.0 Å². The van der Waals surface area contributed by atoms with Crippen LogP contribution in [0.1, 0.15) is 31.0 Å². The number of aliphatic hydroxyl groups excluding tert-OH is 1. The molecule has 0 saturated heterocycles. The van der Waals surface area contributed by atoms with Crippen LogP contribution in [0.3, 0.4) is 0 Å². The predicted molar refractivity (Wildman–Crippen MR) is 64.4 cm³/mol. The first-order valence-corrected chi connectivity index (χ1v) is 5.77. The molecule has 4 N–H and O–H groups in total. The number of aromatic nitrogens is 1. The molecular weight excluding hydrogens is 254 g/mol. The van der Waals surface area contributed by atoms with Crippen LogP contribution in [0.2, 0.25) is 0 Å². The number of aliphatic carboxylic acids is 1. The lowest BCUT2D eigenvalue weighted by Crippen LogP contribution is -2.47. The second-order valence-electron chi connectivity index (χ2n) is 4.05. The van der Waals surface area contributed by atoms with Crippen LogP contribution in [0.5, 0.6) is 0 Å². The summed E-state index contributed by atoms with van der Waals surface area (Å²) in [4.78, 5) is 26.3. The van der Waals surface area contributed by atoms with Crippen molar-refractivity contribution >= 4 is 12.0 Å². The highest BCUT2D eigenvalue weighted by Gasteiger charge is 2.21. The summed E-state index contributed by atoms with van der Waals surface area (Å²) >= 11 is 0. The van der Waals surface area contributed by atoms with Crippen LogP contribution >= 0.6 is 0 Å². The van der Waals surface area contributed by atoms with Crippen molar-refractivity contribution in [3.63, 3.8) is 0 Å². The van der Waals surface area contributed by atoms with Crippen molar-refractivity contribution in [2.45, 2.75) is 32.4 Å². The standard InChI is InChI=1S/C11H17N3O5/c1-6-5-12-9(19-6)7(2)13-11(18)14-8(3-4-15)10(16)17/h5,7-8,15H,3-4H2,1-2H3,(H,16,17)(H2,13,14,18)/t7?,8-/m1/s1. The molecule has 0 aliphatic carbocycles. The minimum atomic E-state index is -1.20. The van der Waals surface area contributed by atoms with Gasteiger partial charge in [0.25, 0.3) is 0 Å². The number of carboxylic acids is 1. The van der Waals surface area contributed by atoms with Crippen LogP contribution < -0.4 is 10.6 Å². The van der Waals surface area contributed by atoms with Gasteiger partial charge in [0.2, 0.25) is 5.89 Å². The van der Waals surface area contributed by atoms with E-state index in [2.05, 4.69) is 15.6 Å². The lowest BCUT2D eigenvalue weighted by atomic mass is 10.2. The molecule has 0 aliphatic heterocycles. The van der Waals surface area contributed by atoms with E-state index < -0.39 is 24.1 Å². The summed E-state index contributed by atoms with van der Waals surface area (Å²) in [6, 6.07) is -2.29. The number of hydrogen-bond acceptors (Lipinski definition) is 5. The van der Waals surface area contributed by atoms with Crippen LogP contribution in [0.15, 0.2) is 10.6 Å². The third kappa shape index (κ3) is 4.59. The number of hydrogen-bond donors (Lipinski definition) is 4. The summed E-state index contributed by atoms with van der Waals surface area (Å²) < 4.78 is 5.24. The third-order valence-electron chi connectivity index (χ3n) is 2.38. The number of aliphatic hydroxyl groups is 1. The molecule has 0 bridgehead atoms. The molecule has 0 fully saturated rings. The molecule has 2 amide bonds. The van der Waals surface area contributed by atoms with Gasteiger partial charge in [-0.2, -0.15) is 0 Å². The summed E-state index contributed by atoms with van der Waals surface area (Å²) in [5, 5.41) is 22.3.